The fourth-order valence-electron chi connectivity index (χ4n) is 3.25. The van der Waals surface area contributed by atoms with Crippen molar-refractivity contribution in [1.82, 2.24) is 0 Å². The molecule has 0 spiro atoms. The summed E-state index contributed by atoms with van der Waals surface area (Å²) in [5.41, 5.74) is -2.49. The van der Waals surface area contributed by atoms with Crippen LogP contribution >= 0.6 is 0 Å². The molecule has 0 fully saturated rings. The van der Waals surface area contributed by atoms with E-state index in [-0.39, 0.29) is 39.6 Å². The number of unbranched alkanes of at least 4 members (excludes halogenated alkanes) is 3. The smallest absolute Gasteiger partial charge is 0.339 e. The van der Waals surface area contributed by atoms with Gasteiger partial charge in [0.15, 0.2) is 5.60 Å². The van der Waals surface area contributed by atoms with Crippen LogP contribution in [0.1, 0.15) is 72.1 Å². The van der Waals surface area contributed by atoms with Gasteiger partial charge in [-0.15, -0.1) is 0 Å². The SMILES string of the molecule is CCCCOCCOCCOC(=O)CC(O)(CC(=O)OCCOCCOCCCC)C(=O)OCCOCCOCCCC. The Morgan fingerprint density at radius 1 is 0.442 bits per heavy atom. The number of esters is 3. The fourth-order valence-corrected chi connectivity index (χ4v) is 3.25. The van der Waals surface area contributed by atoms with Crippen LogP contribution in [-0.4, -0.2) is 128 Å². The Hall–Kier alpha value is -1.87. The van der Waals surface area contributed by atoms with E-state index >= 15 is 0 Å². The van der Waals surface area contributed by atoms with Crippen molar-refractivity contribution < 1.29 is 62.1 Å². The maximum absolute atomic E-state index is 12.7. The van der Waals surface area contributed by atoms with Crippen LogP contribution in [0.5, 0.6) is 0 Å². The highest BCUT2D eigenvalue weighted by Gasteiger charge is 2.43. The average Bonchev–Trinajstić information content (AvgIpc) is 2.98. The monoisotopic (exact) mass is 624 g/mol. The van der Waals surface area contributed by atoms with Crippen LogP contribution in [0.3, 0.4) is 0 Å². The third kappa shape index (κ3) is 26.3. The van der Waals surface area contributed by atoms with Crippen molar-refractivity contribution in [3.8, 4) is 0 Å². The first-order valence-electron chi connectivity index (χ1n) is 15.6. The summed E-state index contributed by atoms with van der Waals surface area (Å²) in [4.78, 5) is 37.6. The minimum absolute atomic E-state index is 0.0485. The molecule has 0 heterocycles. The van der Waals surface area contributed by atoms with E-state index in [4.69, 9.17) is 42.6 Å². The van der Waals surface area contributed by atoms with Gasteiger partial charge in [0.25, 0.3) is 0 Å². The first-order chi connectivity index (χ1) is 20.9. The molecule has 0 unspecified atom stereocenters. The topological polar surface area (TPSA) is 155 Å². The molecule has 0 aromatic rings. The molecule has 0 aromatic heterocycles. The summed E-state index contributed by atoms with van der Waals surface area (Å²) in [6, 6.07) is 0. The van der Waals surface area contributed by atoms with E-state index < -0.39 is 36.4 Å². The predicted molar refractivity (Wildman–Crippen MR) is 157 cm³/mol. The van der Waals surface area contributed by atoms with Crippen LogP contribution in [0.4, 0.5) is 0 Å². The van der Waals surface area contributed by atoms with Gasteiger partial charge >= 0.3 is 17.9 Å². The Kier molecular flexibility index (Phi) is 28.9. The van der Waals surface area contributed by atoms with Crippen LogP contribution in [0, 0.1) is 0 Å². The molecule has 0 atom stereocenters. The highest BCUT2D eigenvalue weighted by atomic mass is 16.6. The molecule has 0 aromatic carbocycles. The second kappa shape index (κ2) is 30.2. The molecule has 0 bridgehead atoms. The fraction of sp³-hybridized carbons (Fsp3) is 0.900. The van der Waals surface area contributed by atoms with Gasteiger partial charge < -0.3 is 47.7 Å². The first-order valence-corrected chi connectivity index (χ1v) is 15.6. The van der Waals surface area contributed by atoms with Gasteiger partial charge in [-0.2, -0.15) is 0 Å². The van der Waals surface area contributed by atoms with Crippen LogP contribution in [0.25, 0.3) is 0 Å². The number of rotatable bonds is 32. The number of carbonyl (C=O) groups is 3. The third-order valence-electron chi connectivity index (χ3n) is 5.74. The van der Waals surface area contributed by atoms with Gasteiger partial charge in [0, 0.05) is 19.8 Å². The number of hydrogen-bond acceptors (Lipinski definition) is 13. The van der Waals surface area contributed by atoms with Gasteiger partial charge in [0.05, 0.1) is 72.3 Å². The summed E-state index contributed by atoms with van der Waals surface area (Å²) >= 11 is 0. The zero-order chi connectivity index (χ0) is 31.9. The second-order valence-corrected chi connectivity index (χ2v) is 9.70. The summed E-state index contributed by atoms with van der Waals surface area (Å²) in [5.74, 6) is -2.96. The molecule has 0 saturated carbocycles. The summed E-state index contributed by atoms with van der Waals surface area (Å²) in [6.45, 7) is 10.3. The molecule has 254 valence electrons. The maximum Gasteiger partial charge on any atom is 0.339 e. The summed E-state index contributed by atoms with van der Waals surface area (Å²) in [6.07, 6.45) is 4.41. The Balaban J connectivity index is 4.58. The molecule has 0 saturated heterocycles. The van der Waals surface area contributed by atoms with Crippen molar-refractivity contribution >= 4 is 17.9 Å². The number of carbonyl (C=O) groups excluding carboxylic acids is 3. The van der Waals surface area contributed by atoms with E-state index in [2.05, 4.69) is 20.8 Å². The molecule has 0 aliphatic heterocycles. The van der Waals surface area contributed by atoms with Crippen LogP contribution in [-0.2, 0) is 57.0 Å². The van der Waals surface area contributed by atoms with Crippen molar-refractivity contribution in [3.05, 3.63) is 0 Å². The average molecular weight is 625 g/mol. The van der Waals surface area contributed by atoms with Crippen molar-refractivity contribution in [2.24, 2.45) is 0 Å². The molecule has 43 heavy (non-hydrogen) atoms. The van der Waals surface area contributed by atoms with Crippen molar-refractivity contribution in [2.45, 2.75) is 77.7 Å². The standard InChI is InChI=1S/C30H56O13/c1-4-7-10-35-13-16-38-19-22-41-27(31)25-30(34,29(33)43-24-21-40-18-15-37-12-9-6-3)26-28(32)42-23-20-39-17-14-36-11-8-5-2/h34H,4-26H2,1-3H3. The van der Waals surface area contributed by atoms with Crippen molar-refractivity contribution in [1.29, 1.82) is 0 Å². The van der Waals surface area contributed by atoms with Gasteiger partial charge in [-0.1, -0.05) is 40.0 Å². The molecule has 0 rings (SSSR count). The van der Waals surface area contributed by atoms with E-state index in [9.17, 15) is 19.5 Å². The molecule has 0 amide bonds. The summed E-state index contributed by atoms with van der Waals surface area (Å²) < 4.78 is 47.4. The highest BCUT2D eigenvalue weighted by Crippen LogP contribution is 2.20. The molecule has 0 aliphatic rings. The first kappa shape index (κ1) is 41.1. The lowest BCUT2D eigenvalue weighted by atomic mass is 9.95. The van der Waals surface area contributed by atoms with Gasteiger partial charge in [-0.25, -0.2) is 4.79 Å². The van der Waals surface area contributed by atoms with Gasteiger partial charge in [-0.3, -0.25) is 9.59 Å². The lowest BCUT2D eigenvalue weighted by Gasteiger charge is -2.24. The Labute approximate surface area is 257 Å². The minimum Gasteiger partial charge on any atom is -0.463 e. The van der Waals surface area contributed by atoms with E-state index in [1.165, 1.54) is 0 Å². The zero-order valence-electron chi connectivity index (χ0n) is 26.6. The number of ether oxygens (including phenoxy) is 9. The van der Waals surface area contributed by atoms with E-state index in [0.717, 1.165) is 38.5 Å². The molecule has 0 radical (unpaired) electrons. The van der Waals surface area contributed by atoms with Crippen molar-refractivity contribution in [2.75, 3.05) is 99.1 Å². The molecule has 13 heteroatoms. The molecule has 0 aliphatic carbocycles. The Bertz CT molecular complexity index is 638. The van der Waals surface area contributed by atoms with Crippen LogP contribution in [0.2, 0.25) is 0 Å². The third-order valence-corrected chi connectivity index (χ3v) is 5.74. The number of hydrogen-bond donors (Lipinski definition) is 1. The zero-order valence-corrected chi connectivity index (χ0v) is 26.6. The lowest BCUT2D eigenvalue weighted by Crippen LogP contribution is -2.45. The Morgan fingerprint density at radius 3 is 1.05 bits per heavy atom. The lowest BCUT2D eigenvalue weighted by molar-refractivity contribution is -0.179. The molecular weight excluding hydrogens is 568 g/mol. The van der Waals surface area contributed by atoms with Gasteiger partial charge in [-0.05, 0) is 19.3 Å². The van der Waals surface area contributed by atoms with Crippen molar-refractivity contribution in [3.63, 3.8) is 0 Å². The number of aliphatic hydroxyl groups is 1. The van der Waals surface area contributed by atoms with E-state index in [1.54, 1.807) is 0 Å². The highest BCUT2D eigenvalue weighted by molar-refractivity contribution is 5.90. The minimum atomic E-state index is -2.49. The predicted octanol–water partition coefficient (Wildman–Crippen LogP) is 2.63. The van der Waals surface area contributed by atoms with Crippen LogP contribution < -0.4 is 0 Å². The largest absolute Gasteiger partial charge is 0.463 e. The van der Waals surface area contributed by atoms with Crippen LogP contribution in [0.15, 0.2) is 0 Å². The van der Waals surface area contributed by atoms with Gasteiger partial charge in [0.2, 0.25) is 0 Å². The molecular formula is C30H56O13. The van der Waals surface area contributed by atoms with E-state index in [0.29, 0.717) is 59.5 Å². The maximum atomic E-state index is 12.7. The normalized spacial score (nSPS) is 11.4. The summed E-state index contributed by atoms with van der Waals surface area (Å²) in [5, 5.41) is 11.0. The van der Waals surface area contributed by atoms with Gasteiger partial charge in [0.1, 0.15) is 19.8 Å². The quantitative estimate of drug-likeness (QED) is 0.0663. The molecule has 1 N–H and O–H groups in total. The van der Waals surface area contributed by atoms with E-state index in [1.807, 2.05) is 0 Å². The molecule has 13 nitrogen and oxygen atoms in total. The second-order valence-electron chi connectivity index (χ2n) is 9.70. The Morgan fingerprint density at radius 2 is 0.721 bits per heavy atom. The summed E-state index contributed by atoms with van der Waals surface area (Å²) in [7, 11) is 0.